The van der Waals surface area contributed by atoms with Gasteiger partial charge in [-0.3, -0.25) is 0 Å². The molecule has 0 amide bonds. The third-order valence-electron chi connectivity index (χ3n) is 2.51. The second-order valence-electron chi connectivity index (χ2n) is 5.09. The van der Waals surface area contributed by atoms with Crippen LogP contribution in [0, 0.1) is 5.92 Å². The van der Waals surface area contributed by atoms with E-state index >= 15 is 0 Å². The second-order valence-corrected chi connectivity index (χ2v) is 5.71. The number of rotatable bonds is 6. The van der Waals surface area contributed by atoms with Crippen LogP contribution in [0.15, 0.2) is 12.4 Å². The van der Waals surface area contributed by atoms with Crippen LogP contribution in [0.1, 0.15) is 45.7 Å². The lowest BCUT2D eigenvalue weighted by Gasteiger charge is -2.14. The molecule has 0 saturated heterocycles. The summed E-state index contributed by atoms with van der Waals surface area (Å²) in [5, 5.41) is 3.41. The van der Waals surface area contributed by atoms with Gasteiger partial charge in [0.15, 0.2) is 0 Å². The first-order valence-electron chi connectivity index (χ1n) is 6.19. The zero-order chi connectivity index (χ0) is 12.8. The summed E-state index contributed by atoms with van der Waals surface area (Å²) in [6.45, 7) is 9.34. The molecule has 96 valence electrons. The number of aromatic nitrogens is 2. The molecule has 1 aromatic rings. The van der Waals surface area contributed by atoms with E-state index < -0.39 is 0 Å². The number of anilines is 1. The number of hydrogen-bond donors (Lipinski definition) is 1. The fourth-order valence-corrected chi connectivity index (χ4v) is 2.03. The highest BCUT2D eigenvalue weighted by Crippen LogP contribution is 2.15. The molecular weight excluding hydrogens is 234 g/mol. The molecule has 1 atom stereocenters. The van der Waals surface area contributed by atoms with E-state index in [0.717, 1.165) is 24.5 Å². The number of alkyl halides is 1. The normalized spacial score (nSPS) is 13.1. The van der Waals surface area contributed by atoms with Crippen molar-refractivity contribution in [3.05, 3.63) is 18.1 Å². The highest BCUT2D eigenvalue weighted by atomic mass is 35.5. The predicted octanol–water partition coefficient (Wildman–Crippen LogP) is 3.67. The number of nitrogens with one attached hydrogen (secondary N) is 1. The zero-order valence-corrected chi connectivity index (χ0v) is 11.8. The smallest absolute Gasteiger partial charge is 0.129 e. The molecular formula is C13H22ClN3. The van der Waals surface area contributed by atoms with Crippen LogP contribution in [-0.2, 0) is 0 Å². The molecule has 0 aliphatic rings. The van der Waals surface area contributed by atoms with Gasteiger partial charge in [-0.05, 0) is 18.3 Å². The van der Waals surface area contributed by atoms with E-state index in [9.17, 15) is 0 Å². The highest BCUT2D eigenvalue weighted by Gasteiger charge is 2.08. The highest BCUT2D eigenvalue weighted by molar-refractivity contribution is 6.20. The summed E-state index contributed by atoms with van der Waals surface area (Å²) in [5.74, 6) is 1.90. The van der Waals surface area contributed by atoms with Crippen LogP contribution in [0.25, 0.3) is 0 Å². The Bertz CT molecular complexity index is 339. The van der Waals surface area contributed by atoms with E-state index in [0.29, 0.717) is 11.8 Å². The Morgan fingerprint density at radius 1 is 1.24 bits per heavy atom. The minimum Gasteiger partial charge on any atom is -0.368 e. The Morgan fingerprint density at radius 3 is 2.53 bits per heavy atom. The average Bonchev–Trinajstić information content (AvgIpc) is 2.26. The van der Waals surface area contributed by atoms with Gasteiger partial charge in [-0.15, -0.1) is 11.6 Å². The maximum Gasteiger partial charge on any atom is 0.129 e. The maximum atomic E-state index is 6.22. The molecule has 0 radical (unpaired) electrons. The number of halogens is 1. The first-order chi connectivity index (χ1) is 7.99. The van der Waals surface area contributed by atoms with Gasteiger partial charge >= 0.3 is 0 Å². The zero-order valence-electron chi connectivity index (χ0n) is 11.1. The summed E-state index contributed by atoms with van der Waals surface area (Å²) >= 11 is 6.22. The van der Waals surface area contributed by atoms with Crippen LogP contribution >= 0.6 is 11.6 Å². The van der Waals surface area contributed by atoms with Crippen LogP contribution in [0.2, 0.25) is 0 Å². The van der Waals surface area contributed by atoms with Gasteiger partial charge in [-0.25, -0.2) is 9.97 Å². The van der Waals surface area contributed by atoms with E-state index in [4.69, 9.17) is 11.6 Å². The van der Waals surface area contributed by atoms with Crippen LogP contribution in [-0.4, -0.2) is 21.9 Å². The van der Waals surface area contributed by atoms with Gasteiger partial charge in [0.25, 0.3) is 0 Å². The number of hydrogen-bond acceptors (Lipinski definition) is 3. The second kappa shape index (κ2) is 6.80. The maximum absolute atomic E-state index is 6.22. The molecule has 17 heavy (non-hydrogen) atoms. The van der Waals surface area contributed by atoms with Gasteiger partial charge in [-0.2, -0.15) is 0 Å². The van der Waals surface area contributed by atoms with Gasteiger partial charge in [0.05, 0.1) is 5.38 Å². The Hall–Kier alpha value is -0.830. The first-order valence-corrected chi connectivity index (χ1v) is 6.62. The molecule has 0 fully saturated rings. The third-order valence-corrected chi connectivity index (χ3v) is 2.84. The van der Waals surface area contributed by atoms with E-state index in [-0.39, 0.29) is 5.38 Å². The minimum atomic E-state index is 0.146. The quantitative estimate of drug-likeness (QED) is 0.789. The fraction of sp³-hybridized carbons (Fsp3) is 0.692. The van der Waals surface area contributed by atoms with Crippen molar-refractivity contribution >= 4 is 17.4 Å². The van der Waals surface area contributed by atoms with Gasteiger partial charge in [0.1, 0.15) is 12.1 Å². The molecule has 0 aliphatic heterocycles. The van der Waals surface area contributed by atoms with Crippen molar-refractivity contribution in [3.63, 3.8) is 0 Å². The topological polar surface area (TPSA) is 37.8 Å². The van der Waals surface area contributed by atoms with Crippen molar-refractivity contribution in [1.82, 2.24) is 9.97 Å². The molecule has 0 aromatic carbocycles. The standard InChI is InChI=1S/C13H22ClN3/c1-9(2)5-11(14)7-15-13-6-12(10(3)4)16-8-17-13/h6,8-11H,5,7H2,1-4H3,(H,15,16,17). The molecule has 4 heteroatoms. The summed E-state index contributed by atoms with van der Waals surface area (Å²) < 4.78 is 0. The molecule has 1 rings (SSSR count). The largest absolute Gasteiger partial charge is 0.368 e. The van der Waals surface area contributed by atoms with Crippen LogP contribution < -0.4 is 5.32 Å². The van der Waals surface area contributed by atoms with Crippen LogP contribution in [0.4, 0.5) is 5.82 Å². The molecule has 0 spiro atoms. The van der Waals surface area contributed by atoms with Crippen molar-refractivity contribution in [2.24, 2.45) is 5.92 Å². The Balaban J connectivity index is 2.49. The van der Waals surface area contributed by atoms with Gasteiger partial charge in [0, 0.05) is 18.3 Å². The van der Waals surface area contributed by atoms with Gasteiger partial charge < -0.3 is 5.32 Å². The van der Waals surface area contributed by atoms with E-state index in [1.54, 1.807) is 6.33 Å². The predicted molar refractivity (Wildman–Crippen MR) is 73.7 cm³/mol. The van der Waals surface area contributed by atoms with E-state index in [2.05, 4.69) is 43.0 Å². The van der Waals surface area contributed by atoms with E-state index in [1.165, 1.54) is 0 Å². The lowest BCUT2D eigenvalue weighted by Crippen LogP contribution is -2.17. The summed E-state index contributed by atoms with van der Waals surface area (Å²) in [6, 6.07) is 1.99. The van der Waals surface area contributed by atoms with Crippen LogP contribution in [0.3, 0.4) is 0 Å². The molecule has 1 heterocycles. The van der Waals surface area contributed by atoms with Crippen molar-refractivity contribution < 1.29 is 0 Å². The number of nitrogens with zero attached hydrogens (tertiary/aromatic N) is 2. The average molecular weight is 256 g/mol. The molecule has 0 bridgehead atoms. The van der Waals surface area contributed by atoms with Crippen LogP contribution in [0.5, 0.6) is 0 Å². The lowest BCUT2D eigenvalue weighted by atomic mass is 10.1. The van der Waals surface area contributed by atoms with Crippen molar-refractivity contribution in [2.75, 3.05) is 11.9 Å². The third kappa shape index (κ3) is 5.35. The van der Waals surface area contributed by atoms with Crippen molar-refractivity contribution in [1.29, 1.82) is 0 Å². The van der Waals surface area contributed by atoms with Crippen molar-refractivity contribution in [2.45, 2.75) is 45.4 Å². The van der Waals surface area contributed by atoms with E-state index in [1.807, 2.05) is 6.07 Å². The first kappa shape index (κ1) is 14.2. The fourth-order valence-electron chi connectivity index (χ4n) is 1.59. The SMILES string of the molecule is CC(C)CC(Cl)CNc1cc(C(C)C)ncn1. The minimum absolute atomic E-state index is 0.146. The Morgan fingerprint density at radius 2 is 1.94 bits per heavy atom. The molecule has 1 N–H and O–H groups in total. The molecule has 0 aliphatic carbocycles. The Kier molecular flexibility index (Phi) is 5.69. The molecule has 1 aromatic heterocycles. The molecule has 1 unspecified atom stereocenters. The Labute approximate surface area is 109 Å². The summed E-state index contributed by atoms with van der Waals surface area (Å²) in [4.78, 5) is 8.42. The molecule has 0 saturated carbocycles. The summed E-state index contributed by atoms with van der Waals surface area (Å²) in [7, 11) is 0. The van der Waals surface area contributed by atoms with Gasteiger partial charge in [-0.1, -0.05) is 27.7 Å². The lowest BCUT2D eigenvalue weighted by molar-refractivity contribution is 0.572. The van der Waals surface area contributed by atoms with Gasteiger partial charge in [0.2, 0.25) is 0 Å². The monoisotopic (exact) mass is 255 g/mol. The summed E-state index contributed by atoms with van der Waals surface area (Å²) in [5.41, 5.74) is 1.05. The van der Waals surface area contributed by atoms with Crippen molar-refractivity contribution in [3.8, 4) is 0 Å². The molecule has 3 nitrogen and oxygen atoms in total. The summed E-state index contributed by atoms with van der Waals surface area (Å²) in [6.07, 6.45) is 2.61.